The van der Waals surface area contributed by atoms with E-state index in [4.69, 9.17) is 0 Å². The first-order valence-electron chi connectivity index (χ1n) is 6.72. The Morgan fingerprint density at radius 2 is 1.21 bits per heavy atom. The first kappa shape index (κ1) is 12.6. The van der Waals surface area contributed by atoms with E-state index in [1.807, 2.05) is 0 Å². The summed E-state index contributed by atoms with van der Waals surface area (Å²) < 4.78 is 0. The maximum absolute atomic E-state index is 12.0. The van der Waals surface area contributed by atoms with Crippen LogP contribution in [0.1, 0.15) is 45.4 Å². The molecule has 4 bridgehead atoms. The number of carbonyl (C=O) groups is 3. The van der Waals surface area contributed by atoms with Crippen LogP contribution in [0.3, 0.4) is 0 Å². The minimum Gasteiger partial charge on any atom is -0.481 e. The average Bonchev–Trinajstić information content (AvgIpc) is 2.26. The molecule has 104 valence electrons. The summed E-state index contributed by atoms with van der Waals surface area (Å²) in [7, 11) is 0. The Hall–Kier alpha value is -1.39. The highest BCUT2D eigenvalue weighted by Gasteiger charge is 2.69. The summed E-state index contributed by atoms with van der Waals surface area (Å²) >= 11 is 0. The third-order valence-corrected chi connectivity index (χ3v) is 5.72. The molecule has 0 aromatic carbocycles. The van der Waals surface area contributed by atoms with Crippen molar-refractivity contribution in [3.05, 3.63) is 0 Å². The average molecular weight is 266 g/mol. The van der Waals surface area contributed by atoms with E-state index in [1.54, 1.807) is 0 Å². The van der Waals surface area contributed by atoms with Gasteiger partial charge in [0.15, 0.2) is 0 Å². The van der Waals surface area contributed by atoms with Crippen molar-refractivity contribution < 1.29 is 24.6 Å². The van der Waals surface area contributed by atoms with E-state index in [9.17, 15) is 24.6 Å². The van der Waals surface area contributed by atoms with E-state index in [0.717, 1.165) is 0 Å². The van der Waals surface area contributed by atoms with E-state index in [-0.39, 0.29) is 18.1 Å². The zero-order valence-corrected chi connectivity index (χ0v) is 10.9. The van der Waals surface area contributed by atoms with Gasteiger partial charge >= 0.3 is 11.9 Å². The van der Waals surface area contributed by atoms with Gasteiger partial charge in [-0.2, -0.15) is 0 Å². The van der Waals surface area contributed by atoms with Gasteiger partial charge in [0.05, 0.1) is 10.8 Å². The molecule has 5 heteroatoms. The molecule has 0 heterocycles. The lowest BCUT2D eigenvalue weighted by Gasteiger charge is -2.62. The Balaban J connectivity index is 2.13. The lowest BCUT2D eigenvalue weighted by atomic mass is 9.39. The fourth-order valence-corrected chi connectivity index (χ4v) is 5.31. The van der Waals surface area contributed by atoms with Crippen LogP contribution in [0.2, 0.25) is 0 Å². The normalized spacial score (nSPS) is 47.1. The molecule has 0 aliphatic heterocycles. The molecule has 0 amide bonds. The van der Waals surface area contributed by atoms with Crippen LogP contribution in [0, 0.1) is 22.2 Å². The monoisotopic (exact) mass is 266 g/mol. The predicted molar refractivity (Wildman–Crippen MR) is 64.4 cm³/mol. The van der Waals surface area contributed by atoms with Crippen molar-refractivity contribution in [3.8, 4) is 0 Å². The van der Waals surface area contributed by atoms with Crippen LogP contribution >= 0.6 is 0 Å². The van der Waals surface area contributed by atoms with Gasteiger partial charge < -0.3 is 10.2 Å². The van der Waals surface area contributed by atoms with Crippen LogP contribution in [0.15, 0.2) is 0 Å². The zero-order chi connectivity index (χ0) is 14.1. The molecule has 0 spiro atoms. The Morgan fingerprint density at radius 3 is 1.58 bits per heavy atom. The maximum atomic E-state index is 12.0. The zero-order valence-electron chi connectivity index (χ0n) is 10.9. The lowest BCUT2D eigenvalue weighted by Crippen LogP contribution is -2.63. The van der Waals surface area contributed by atoms with Crippen LogP contribution in [-0.4, -0.2) is 27.9 Å². The van der Waals surface area contributed by atoms with Crippen LogP contribution < -0.4 is 0 Å². The molecule has 0 aromatic heterocycles. The fourth-order valence-electron chi connectivity index (χ4n) is 5.31. The smallest absolute Gasteiger partial charge is 0.309 e. The number of carboxylic acid groups (broad SMARTS) is 2. The highest BCUT2D eigenvalue weighted by Crippen LogP contribution is 2.70. The third-order valence-electron chi connectivity index (χ3n) is 5.72. The highest BCUT2D eigenvalue weighted by atomic mass is 16.4. The molecule has 2 unspecified atom stereocenters. The number of aliphatic carboxylic acids is 2. The van der Waals surface area contributed by atoms with Gasteiger partial charge in [0, 0.05) is 5.41 Å². The van der Waals surface area contributed by atoms with Crippen molar-refractivity contribution in [1.82, 2.24) is 0 Å². The van der Waals surface area contributed by atoms with E-state index >= 15 is 0 Å². The van der Waals surface area contributed by atoms with Crippen molar-refractivity contribution in [2.75, 3.05) is 0 Å². The van der Waals surface area contributed by atoms with E-state index < -0.39 is 28.2 Å². The van der Waals surface area contributed by atoms with E-state index in [1.165, 1.54) is 6.92 Å². The molecule has 4 saturated carbocycles. The largest absolute Gasteiger partial charge is 0.481 e. The molecule has 2 N–H and O–H groups in total. The van der Waals surface area contributed by atoms with E-state index in [0.29, 0.717) is 32.1 Å². The molecule has 19 heavy (non-hydrogen) atoms. The number of Topliss-reactive ketones (excluding diaryl/α,β-unsaturated/α-hetero) is 1. The highest BCUT2D eigenvalue weighted by molar-refractivity contribution is 5.88. The first-order chi connectivity index (χ1) is 8.74. The fraction of sp³-hybridized carbons (Fsp3) is 0.786. The number of rotatable bonds is 3. The van der Waals surface area contributed by atoms with Gasteiger partial charge in [-0.3, -0.25) is 14.4 Å². The quantitative estimate of drug-likeness (QED) is 0.811. The maximum Gasteiger partial charge on any atom is 0.309 e. The predicted octanol–water partition coefficient (Wildman–Crippen LogP) is 1.70. The lowest BCUT2D eigenvalue weighted by molar-refractivity contribution is -0.201. The Morgan fingerprint density at radius 1 is 0.842 bits per heavy atom. The molecule has 4 rings (SSSR count). The summed E-state index contributed by atoms with van der Waals surface area (Å²) in [5.74, 6) is -1.82. The molecule has 0 aromatic rings. The number of hydrogen-bond donors (Lipinski definition) is 2. The Kier molecular flexibility index (Phi) is 2.25. The van der Waals surface area contributed by atoms with Gasteiger partial charge in [-0.25, -0.2) is 0 Å². The minimum atomic E-state index is -0.997. The molecular weight excluding hydrogens is 248 g/mol. The second kappa shape index (κ2) is 3.38. The molecule has 4 aliphatic carbocycles. The van der Waals surface area contributed by atoms with Gasteiger partial charge in [-0.05, 0) is 51.4 Å². The summed E-state index contributed by atoms with van der Waals surface area (Å²) in [5.41, 5.74) is -2.71. The number of carbonyl (C=O) groups excluding carboxylic acids is 1. The molecule has 4 fully saturated rings. The first-order valence-corrected chi connectivity index (χ1v) is 6.72. The number of ketones is 1. The molecule has 2 atom stereocenters. The molecule has 0 saturated heterocycles. The second-order valence-corrected chi connectivity index (χ2v) is 7.02. The van der Waals surface area contributed by atoms with Crippen LogP contribution in [0.4, 0.5) is 0 Å². The van der Waals surface area contributed by atoms with Gasteiger partial charge in [-0.15, -0.1) is 0 Å². The summed E-state index contributed by atoms with van der Waals surface area (Å²) in [6, 6.07) is 0. The molecular formula is C14H18O5. The van der Waals surface area contributed by atoms with Gasteiger partial charge in [0.2, 0.25) is 0 Å². The minimum absolute atomic E-state index is 0.0344. The van der Waals surface area contributed by atoms with Crippen molar-refractivity contribution in [3.63, 3.8) is 0 Å². The van der Waals surface area contributed by atoms with Gasteiger partial charge in [0.1, 0.15) is 5.78 Å². The topological polar surface area (TPSA) is 91.7 Å². The van der Waals surface area contributed by atoms with Gasteiger partial charge in [0.25, 0.3) is 0 Å². The second-order valence-electron chi connectivity index (χ2n) is 7.02. The van der Waals surface area contributed by atoms with Crippen LogP contribution in [-0.2, 0) is 14.4 Å². The Labute approximate surface area is 111 Å². The van der Waals surface area contributed by atoms with Crippen LogP contribution in [0.25, 0.3) is 0 Å². The standard InChI is InChI=1S/C14H18O5/c1-8(15)12-2-9-3-13(5-12,10(16)17)7-14(4-9,6-12)11(18)19/h9H,2-7H2,1H3,(H,16,17)(H,18,19). The summed E-state index contributed by atoms with van der Waals surface area (Å²) in [5, 5.41) is 19.1. The van der Waals surface area contributed by atoms with E-state index in [2.05, 4.69) is 0 Å². The third kappa shape index (κ3) is 1.44. The number of hydrogen-bond acceptors (Lipinski definition) is 3. The molecule has 0 radical (unpaired) electrons. The summed E-state index contributed by atoms with van der Waals surface area (Å²) in [6.07, 6.45) is 2.59. The van der Waals surface area contributed by atoms with Crippen LogP contribution in [0.5, 0.6) is 0 Å². The van der Waals surface area contributed by atoms with Crippen molar-refractivity contribution in [1.29, 1.82) is 0 Å². The summed E-state index contributed by atoms with van der Waals surface area (Å²) in [6.45, 7) is 1.48. The Bertz CT molecular complexity index is 415. The van der Waals surface area contributed by atoms with Crippen molar-refractivity contribution >= 4 is 17.7 Å². The van der Waals surface area contributed by atoms with Crippen molar-refractivity contribution in [2.24, 2.45) is 22.2 Å². The van der Waals surface area contributed by atoms with Crippen molar-refractivity contribution in [2.45, 2.75) is 45.4 Å². The SMILES string of the molecule is CC(=O)C12CC3CC(C(=O)O)(C1)CC(C(=O)O)(C3)C2. The van der Waals surface area contributed by atoms with Gasteiger partial charge in [-0.1, -0.05) is 0 Å². The molecule has 5 nitrogen and oxygen atoms in total. The molecule has 4 aliphatic rings. The summed E-state index contributed by atoms with van der Waals surface area (Å²) in [4.78, 5) is 35.4. The number of carboxylic acids is 2.